The molecule has 5 heteroatoms. The molecule has 0 unspecified atom stereocenters. The molecule has 88 valence electrons. The lowest BCUT2D eigenvalue weighted by molar-refractivity contribution is 0.627. The number of hydrogen-bond donors (Lipinski definition) is 3. The number of nitrogens with zero attached hydrogens (tertiary/aromatic N) is 1. The number of nitrogen functional groups attached to an aromatic ring is 3. The number of nitrogens with two attached hydrogens (primary N) is 3. The molecule has 0 bridgehead atoms. The van der Waals surface area contributed by atoms with E-state index in [4.69, 9.17) is 17.2 Å². The van der Waals surface area contributed by atoms with E-state index in [0.29, 0.717) is 23.5 Å². The second-order valence-corrected chi connectivity index (χ2v) is 3.80. The van der Waals surface area contributed by atoms with Crippen LogP contribution in [0.3, 0.4) is 0 Å². The summed E-state index contributed by atoms with van der Waals surface area (Å²) in [5.41, 5.74) is 19.3. The Morgan fingerprint density at radius 1 is 1.06 bits per heavy atom. The number of anilines is 3. The van der Waals surface area contributed by atoms with E-state index in [2.05, 4.69) is 4.98 Å². The quantitative estimate of drug-likeness (QED) is 0.732. The van der Waals surface area contributed by atoms with E-state index in [1.54, 1.807) is 18.2 Å². The van der Waals surface area contributed by atoms with Gasteiger partial charge in [0.25, 0.3) is 0 Å². The Labute approximate surface area is 98.3 Å². The van der Waals surface area contributed by atoms with Crippen LogP contribution in [0, 0.1) is 5.82 Å². The average molecular weight is 232 g/mol. The molecule has 0 saturated carbocycles. The molecule has 0 radical (unpaired) electrons. The summed E-state index contributed by atoms with van der Waals surface area (Å²) in [6.07, 6.45) is 0.537. The van der Waals surface area contributed by atoms with Gasteiger partial charge in [-0.3, -0.25) is 0 Å². The van der Waals surface area contributed by atoms with Gasteiger partial charge in [-0.15, -0.1) is 0 Å². The van der Waals surface area contributed by atoms with Gasteiger partial charge in [-0.25, -0.2) is 9.37 Å². The zero-order chi connectivity index (χ0) is 12.4. The molecular formula is C12H13FN4. The summed E-state index contributed by atoms with van der Waals surface area (Å²) in [6, 6.07) is 7.87. The van der Waals surface area contributed by atoms with Crippen LogP contribution in [-0.2, 0) is 6.42 Å². The van der Waals surface area contributed by atoms with Gasteiger partial charge in [0.2, 0.25) is 0 Å². The van der Waals surface area contributed by atoms with E-state index >= 15 is 0 Å². The molecule has 6 N–H and O–H groups in total. The minimum Gasteiger partial charge on any atom is -0.397 e. The third-order valence-corrected chi connectivity index (χ3v) is 2.47. The van der Waals surface area contributed by atoms with Gasteiger partial charge in [-0.05, 0) is 23.8 Å². The summed E-state index contributed by atoms with van der Waals surface area (Å²) in [6.45, 7) is 0. The van der Waals surface area contributed by atoms with Gasteiger partial charge in [0.15, 0.2) is 0 Å². The first-order chi connectivity index (χ1) is 8.06. The first kappa shape index (κ1) is 11.2. The SMILES string of the molecule is Nc1cc(Cc2ccc(F)cc2)nc(N)c1N. The molecule has 2 aromatic rings. The average Bonchev–Trinajstić information content (AvgIpc) is 2.29. The second-order valence-electron chi connectivity index (χ2n) is 3.80. The summed E-state index contributed by atoms with van der Waals surface area (Å²) >= 11 is 0. The van der Waals surface area contributed by atoms with Crippen molar-refractivity contribution >= 4 is 17.2 Å². The Balaban J connectivity index is 2.27. The molecule has 0 aliphatic carbocycles. The molecule has 0 aliphatic rings. The van der Waals surface area contributed by atoms with Crippen LogP contribution in [-0.4, -0.2) is 4.98 Å². The molecule has 1 aromatic carbocycles. The van der Waals surface area contributed by atoms with Crippen LogP contribution in [0.2, 0.25) is 0 Å². The fourth-order valence-electron chi connectivity index (χ4n) is 1.55. The molecule has 17 heavy (non-hydrogen) atoms. The van der Waals surface area contributed by atoms with E-state index in [-0.39, 0.29) is 11.6 Å². The molecule has 4 nitrogen and oxygen atoms in total. The van der Waals surface area contributed by atoms with E-state index in [9.17, 15) is 4.39 Å². The highest BCUT2D eigenvalue weighted by Gasteiger charge is 2.05. The van der Waals surface area contributed by atoms with Gasteiger partial charge < -0.3 is 17.2 Å². The van der Waals surface area contributed by atoms with Crippen molar-refractivity contribution in [1.82, 2.24) is 4.98 Å². The van der Waals surface area contributed by atoms with E-state index < -0.39 is 0 Å². The minimum atomic E-state index is -0.266. The smallest absolute Gasteiger partial charge is 0.149 e. The van der Waals surface area contributed by atoms with Crippen molar-refractivity contribution in [1.29, 1.82) is 0 Å². The number of halogens is 1. The van der Waals surface area contributed by atoms with Crippen LogP contribution in [0.25, 0.3) is 0 Å². The number of hydrogen-bond acceptors (Lipinski definition) is 4. The number of aromatic nitrogens is 1. The van der Waals surface area contributed by atoms with Crippen molar-refractivity contribution in [3.63, 3.8) is 0 Å². The van der Waals surface area contributed by atoms with Crippen molar-refractivity contribution < 1.29 is 4.39 Å². The predicted octanol–water partition coefficient (Wildman–Crippen LogP) is 1.56. The third-order valence-electron chi connectivity index (χ3n) is 2.47. The van der Waals surface area contributed by atoms with Crippen molar-refractivity contribution in [2.45, 2.75) is 6.42 Å². The maximum atomic E-state index is 12.7. The second kappa shape index (κ2) is 4.29. The van der Waals surface area contributed by atoms with Crippen LogP contribution in [0.4, 0.5) is 21.6 Å². The van der Waals surface area contributed by atoms with Crippen molar-refractivity contribution in [3.05, 3.63) is 47.4 Å². The minimum absolute atomic E-state index is 0.224. The van der Waals surface area contributed by atoms with Crippen molar-refractivity contribution in [2.75, 3.05) is 17.2 Å². The summed E-state index contributed by atoms with van der Waals surface area (Å²) in [5.74, 6) is -0.0415. The highest BCUT2D eigenvalue weighted by Crippen LogP contribution is 2.22. The zero-order valence-corrected chi connectivity index (χ0v) is 9.15. The monoisotopic (exact) mass is 232 g/mol. The standard InChI is InChI=1S/C12H13FN4/c13-8-3-1-7(2-4-8)5-9-6-10(14)11(15)12(16)17-9/h1-4,6H,5,15H2,(H4,14,16,17). The first-order valence-electron chi connectivity index (χ1n) is 5.11. The normalized spacial score (nSPS) is 10.4. The van der Waals surface area contributed by atoms with Gasteiger partial charge in [-0.2, -0.15) is 0 Å². The van der Waals surface area contributed by atoms with Crippen LogP contribution in [0.15, 0.2) is 30.3 Å². The first-order valence-corrected chi connectivity index (χ1v) is 5.11. The molecular weight excluding hydrogens is 219 g/mol. The number of rotatable bonds is 2. The van der Waals surface area contributed by atoms with Crippen LogP contribution in [0.1, 0.15) is 11.3 Å². The summed E-state index contributed by atoms with van der Waals surface area (Å²) in [7, 11) is 0. The molecule has 0 spiro atoms. The molecule has 0 atom stereocenters. The fraction of sp³-hybridized carbons (Fsp3) is 0.0833. The van der Waals surface area contributed by atoms with Crippen LogP contribution >= 0.6 is 0 Å². The van der Waals surface area contributed by atoms with Gasteiger partial charge in [0.1, 0.15) is 11.6 Å². The van der Waals surface area contributed by atoms with Crippen molar-refractivity contribution in [2.24, 2.45) is 0 Å². The Bertz CT molecular complexity index is 514. The highest BCUT2D eigenvalue weighted by molar-refractivity contribution is 5.74. The predicted molar refractivity (Wildman–Crippen MR) is 66.7 cm³/mol. The highest BCUT2D eigenvalue weighted by atomic mass is 19.1. The largest absolute Gasteiger partial charge is 0.397 e. The van der Waals surface area contributed by atoms with Crippen LogP contribution < -0.4 is 17.2 Å². The topological polar surface area (TPSA) is 90.9 Å². The van der Waals surface area contributed by atoms with E-state index in [1.807, 2.05) is 0 Å². The molecule has 2 rings (SSSR count). The van der Waals surface area contributed by atoms with E-state index in [0.717, 1.165) is 5.56 Å². The van der Waals surface area contributed by atoms with E-state index in [1.165, 1.54) is 12.1 Å². The van der Waals surface area contributed by atoms with Gasteiger partial charge in [-0.1, -0.05) is 12.1 Å². The molecule has 0 fully saturated rings. The molecule has 1 aromatic heterocycles. The Morgan fingerprint density at radius 2 is 1.71 bits per heavy atom. The summed E-state index contributed by atoms with van der Waals surface area (Å²) in [5, 5.41) is 0. The third kappa shape index (κ3) is 2.44. The Hall–Kier alpha value is -2.30. The molecule has 0 amide bonds. The molecule has 0 aliphatic heterocycles. The Kier molecular flexibility index (Phi) is 2.82. The number of benzene rings is 1. The Morgan fingerprint density at radius 3 is 2.29 bits per heavy atom. The molecule has 0 saturated heterocycles. The fourth-order valence-corrected chi connectivity index (χ4v) is 1.55. The zero-order valence-electron chi connectivity index (χ0n) is 9.15. The van der Waals surface area contributed by atoms with Crippen molar-refractivity contribution in [3.8, 4) is 0 Å². The lowest BCUT2D eigenvalue weighted by atomic mass is 10.1. The summed E-state index contributed by atoms with van der Waals surface area (Å²) in [4.78, 5) is 4.13. The maximum Gasteiger partial charge on any atom is 0.149 e. The number of pyridine rings is 1. The molecule has 1 heterocycles. The maximum absolute atomic E-state index is 12.7. The lowest BCUT2D eigenvalue weighted by Crippen LogP contribution is -2.05. The van der Waals surface area contributed by atoms with Gasteiger partial charge in [0, 0.05) is 12.1 Å². The van der Waals surface area contributed by atoms with Gasteiger partial charge in [0.05, 0.1) is 11.4 Å². The lowest BCUT2D eigenvalue weighted by Gasteiger charge is -2.07. The summed E-state index contributed by atoms with van der Waals surface area (Å²) < 4.78 is 12.7. The van der Waals surface area contributed by atoms with Crippen LogP contribution in [0.5, 0.6) is 0 Å². The van der Waals surface area contributed by atoms with Gasteiger partial charge >= 0.3 is 0 Å².